The Morgan fingerprint density at radius 1 is 1.35 bits per heavy atom. The predicted octanol–water partition coefficient (Wildman–Crippen LogP) is 1.49. The van der Waals surface area contributed by atoms with Gasteiger partial charge in [0, 0.05) is 6.42 Å². The molecule has 6 heteroatoms. The van der Waals surface area contributed by atoms with Crippen molar-refractivity contribution in [2.75, 3.05) is 0 Å². The summed E-state index contributed by atoms with van der Waals surface area (Å²) in [6, 6.07) is 6.63. The third kappa shape index (κ3) is 4.69. The molecule has 5 nitrogen and oxygen atoms in total. The van der Waals surface area contributed by atoms with E-state index in [4.69, 9.17) is 11.0 Å². The standard InChI is InChI=1S/C14H16FN3O2/c15-11-7-4-3-6-10(11)14(20)18-12(13(17)19)8-2-1-5-9-16/h3-4,6-7,12H,1-2,5,8H2,(H2,17,19)(H,18,20)/t12-/m0/s1. The van der Waals surface area contributed by atoms with Crippen molar-refractivity contribution >= 4 is 11.8 Å². The number of nitriles is 1. The van der Waals surface area contributed by atoms with Gasteiger partial charge in [-0.1, -0.05) is 12.1 Å². The molecule has 0 fully saturated rings. The lowest BCUT2D eigenvalue weighted by Crippen LogP contribution is -2.44. The topological polar surface area (TPSA) is 96.0 Å². The molecule has 0 aliphatic carbocycles. The second-order valence-electron chi connectivity index (χ2n) is 4.31. The van der Waals surface area contributed by atoms with Gasteiger partial charge in [0.05, 0.1) is 11.6 Å². The first-order valence-corrected chi connectivity index (χ1v) is 6.28. The summed E-state index contributed by atoms with van der Waals surface area (Å²) in [6.07, 6.45) is 1.92. The van der Waals surface area contributed by atoms with Gasteiger partial charge in [-0.3, -0.25) is 9.59 Å². The van der Waals surface area contributed by atoms with Crippen LogP contribution in [0, 0.1) is 17.1 Å². The largest absolute Gasteiger partial charge is 0.368 e. The molecule has 3 N–H and O–H groups in total. The van der Waals surface area contributed by atoms with Crippen molar-refractivity contribution in [3.8, 4) is 6.07 Å². The third-order valence-corrected chi connectivity index (χ3v) is 2.80. The van der Waals surface area contributed by atoms with Crippen molar-refractivity contribution in [1.29, 1.82) is 5.26 Å². The summed E-state index contributed by atoms with van der Waals surface area (Å²) in [4.78, 5) is 23.1. The van der Waals surface area contributed by atoms with E-state index in [-0.39, 0.29) is 5.56 Å². The molecule has 0 aliphatic heterocycles. The molecule has 0 bridgehead atoms. The first-order chi connectivity index (χ1) is 9.56. The molecular weight excluding hydrogens is 261 g/mol. The van der Waals surface area contributed by atoms with E-state index in [0.717, 1.165) is 0 Å². The maximum Gasteiger partial charge on any atom is 0.254 e. The van der Waals surface area contributed by atoms with Crippen LogP contribution in [0.1, 0.15) is 36.0 Å². The Hall–Kier alpha value is -2.42. The number of amides is 2. The summed E-state index contributed by atoms with van der Waals surface area (Å²) in [6.45, 7) is 0. The van der Waals surface area contributed by atoms with Crippen molar-refractivity contribution in [2.24, 2.45) is 5.73 Å². The van der Waals surface area contributed by atoms with Crippen molar-refractivity contribution in [3.05, 3.63) is 35.6 Å². The average Bonchev–Trinajstić information content (AvgIpc) is 2.42. The summed E-state index contributed by atoms with van der Waals surface area (Å²) >= 11 is 0. The number of carbonyl (C=O) groups is 2. The number of hydrogen-bond donors (Lipinski definition) is 2. The van der Waals surface area contributed by atoms with Crippen LogP contribution in [0.25, 0.3) is 0 Å². The molecule has 106 valence electrons. The summed E-state index contributed by atoms with van der Waals surface area (Å²) in [5.41, 5.74) is 5.07. The van der Waals surface area contributed by atoms with Gasteiger partial charge >= 0.3 is 0 Å². The molecule has 1 atom stereocenters. The van der Waals surface area contributed by atoms with Crippen LogP contribution in [-0.4, -0.2) is 17.9 Å². The minimum absolute atomic E-state index is 0.129. The molecule has 0 aliphatic rings. The number of nitrogens with zero attached hydrogens (tertiary/aromatic N) is 1. The number of unbranched alkanes of at least 4 members (excludes halogenated alkanes) is 2. The summed E-state index contributed by atoms with van der Waals surface area (Å²) < 4.78 is 13.4. The van der Waals surface area contributed by atoms with Crippen LogP contribution in [-0.2, 0) is 4.79 Å². The Kier molecular flexibility index (Phi) is 6.17. The number of benzene rings is 1. The molecule has 2 amide bonds. The van der Waals surface area contributed by atoms with Crippen LogP contribution in [0.2, 0.25) is 0 Å². The summed E-state index contributed by atoms with van der Waals surface area (Å²) in [5, 5.41) is 10.8. The van der Waals surface area contributed by atoms with Gasteiger partial charge in [0.2, 0.25) is 5.91 Å². The third-order valence-electron chi connectivity index (χ3n) is 2.80. The number of halogens is 1. The first-order valence-electron chi connectivity index (χ1n) is 6.28. The molecule has 0 spiro atoms. The summed E-state index contributed by atoms with van der Waals surface area (Å²) in [7, 11) is 0. The van der Waals surface area contributed by atoms with Crippen LogP contribution in [0.15, 0.2) is 24.3 Å². The van der Waals surface area contributed by atoms with Gasteiger partial charge in [-0.25, -0.2) is 4.39 Å². The van der Waals surface area contributed by atoms with Crippen molar-refractivity contribution in [2.45, 2.75) is 31.7 Å². The molecule has 0 saturated heterocycles. The molecule has 1 rings (SSSR count). The number of hydrogen-bond acceptors (Lipinski definition) is 3. The van der Waals surface area contributed by atoms with Crippen LogP contribution < -0.4 is 11.1 Å². The minimum Gasteiger partial charge on any atom is -0.368 e. The van der Waals surface area contributed by atoms with Gasteiger partial charge in [0.1, 0.15) is 11.9 Å². The van der Waals surface area contributed by atoms with Crippen LogP contribution in [0.5, 0.6) is 0 Å². The number of nitrogens with two attached hydrogens (primary N) is 1. The number of rotatable bonds is 7. The van der Waals surface area contributed by atoms with E-state index in [2.05, 4.69) is 5.32 Å². The molecule has 20 heavy (non-hydrogen) atoms. The van der Waals surface area contributed by atoms with Crippen LogP contribution in [0.4, 0.5) is 4.39 Å². The zero-order valence-corrected chi connectivity index (χ0v) is 10.9. The van der Waals surface area contributed by atoms with E-state index >= 15 is 0 Å². The van der Waals surface area contributed by atoms with Gasteiger partial charge in [-0.05, 0) is 31.4 Å². The molecule has 0 aromatic heterocycles. The monoisotopic (exact) mass is 277 g/mol. The van der Waals surface area contributed by atoms with Crippen molar-refractivity contribution in [1.82, 2.24) is 5.32 Å². The Labute approximate surface area is 116 Å². The second-order valence-corrected chi connectivity index (χ2v) is 4.31. The predicted molar refractivity (Wildman–Crippen MR) is 70.9 cm³/mol. The fourth-order valence-corrected chi connectivity index (χ4v) is 1.72. The average molecular weight is 277 g/mol. The van der Waals surface area contributed by atoms with E-state index in [1.165, 1.54) is 24.3 Å². The quantitative estimate of drug-likeness (QED) is 0.739. The van der Waals surface area contributed by atoms with Gasteiger partial charge in [0.15, 0.2) is 0 Å². The molecule has 0 unspecified atom stereocenters. The normalized spacial score (nSPS) is 11.4. The van der Waals surface area contributed by atoms with Crippen LogP contribution >= 0.6 is 0 Å². The lowest BCUT2D eigenvalue weighted by Gasteiger charge is -2.15. The molecule has 1 aromatic carbocycles. The highest BCUT2D eigenvalue weighted by Crippen LogP contribution is 2.08. The Bertz CT molecular complexity index is 525. The highest BCUT2D eigenvalue weighted by molar-refractivity contribution is 5.97. The second kappa shape index (κ2) is 7.89. The van der Waals surface area contributed by atoms with E-state index in [0.29, 0.717) is 25.7 Å². The first kappa shape index (κ1) is 15.6. The van der Waals surface area contributed by atoms with E-state index < -0.39 is 23.7 Å². The van der Waals surface area contributed by atoms with Gasteiger partial charge in [-0.2, -0.15) is 5.26 Å². The van der Waals surface area contributed by atoms with E-state index in [9.17, 15) is 14.0 Å². The zero-order chi connectivity index (χ0) is 15.0. The van der Waals surface area contributed by atoms with E-state index in [1.54, 1.807) is 0 Å². The van der Waals surface area contributed by atoms with Gasteiger partial charge in [0.25, 0.3) is 5.91 Å². The van der Waals surface area contributed by atoms with E-state index in [1.807, 2.05) is 6.07 Å². The maximum atomic E-state index is 13.4. The fraction of sp³-hybridized carbons (Fsp3) is 0.357. The minimum atomic E-state index is -0.860. The molecule has 0 heterocycles. The molecule has 1 aromatic rings. The number of primary amides is 1. The lowest BCUT2D eigenvalue weighted by atomic mass is 10.1. The van der Waals surface area contributed by atoms with Crippen molar-refractivity contribution in [3.63, 3.8) is 0 Å². The highest BCUT2D eigenvalue weighted by Gasteiger charge is 2.20. The Balaban J connectivity index is 2.62. The SMILES string of the molecule is N#CCCCC[C@H](NC(=O)c1ccccc1F)C(N)=O. The smallest absolute Gasteiger partial charge is 0.254 e. The van der Waals surface area contributed by atoms with Crippen LogP contribution in [0.3, 0.4) is 0 Å². The number of nitrogens with one attached hydrogen (secondary N) is 1. The summed E-state index contributed by atoms with van der Waals surface area (Å²) in [5.74, 6) is -2.00. The fourth-order valence-electron chi connectivity index (χ4n) is 1.72. The van der Waals surface area contributed by atoms with Gasteiger partial charge in [-0.15, -0.1) is 0 Å². The van der Waals surface area contributed by atoms with Crippen molar-refractivity contribution < 1.29 is 14.0 Å². The van der Waals surface area contributed by atoms with Gasteiger partial charge < -0.3 is 11.1 Å². The maximum absolute atomic E-state index is 13.4. The molecular formula is C14H16FN3O2. The number of carbonyl (C=O) groups excluding carboxylic acids is 2. The Morgan fingerprint density at radius 3 is 2.65 bits per heavy atom. The highest BCUT2D eigenvalue weighted by atomic mass is 19.1. The molecule has 0 radical (unpaired) electrons. The lowest BCUT2D eigenvalue weighted by molar-refractivity contribution is -0.120. The zero-order valence-electron chi connectivity index (χ0n) is 10.9. The Morgan fingerprint density at radius 2 is 2.05 bits per heavy atom. The molecule has 0 saturated carbocycles.